The average Bonchev–Trinajstić information content (AvgIpc) is 2.83. The lowest BCUT2D eigenvalue weighted by molar-refractivity contribution is 0.386. The van der Waals surface area contributed by atoms with Crippen LogP contribution in [0, 0.1) is 0 Å². The highest BCUT2D eigenvalue weighted by molar-refractivity contribution is 9.10. The summed E-state index contributed by atoms with van der Waals surface area (Å²) in [5.74, 6) is 0.537. The molecule has 14 heavy (non-hydrogen) atoms. The van der Waals surface area contributed by atoms with Gasteiger partial charge in [-0.2, -0.15) is 0 Å². The van der Waals surface area contributed by atoms with Gasteiger partial charge in [-0.3, -0.25) is 0 Å². The summed E-state index contributed by atoms with van der Waals surface area (Å²) in [7, 11) is 0. The molecular weight excluding hydrogens is 242 g/mol. The van der Waals surface area contributed by atoms with Crippen LogP contribution >= 0.6 is 15.9 Å². The fraction of sp³-hybridized carbons (Fsp3) is 0.700. The minimum atomic E-state index is 0.0949. The van der Waals surface area contributed by atoms with Gasteiger partial charge in [0.25, 0.3) is 0 Å². The minimum Gasteiger partial charge on any atom is -0.324 e. The number of imidazole rings is 1. The first kappa shape index (κ1) is 8.92. The van der Waals surface area contributed by atoms with E-state index >= 15 is 0 Å². The number of aromatic nitrogens is 2. The Hall–Kier alpha value is -0.350. The smallest absolute Gasteiger partial charge is 0.177 e. The molecule has 0 amide bonds. The molecule has 1 aliphatic carbocycles. The van der Waals surface area contributed by atoms with E-state index in [1.54, 1.807) is 0 Å². The van der Waals surface area contributed by atoms with Gasteiger partial charge < -0.3 is 10.3 Å². The quantitative estimate of drug-likeness (QED) is 0.835. The van der Waals surface area contributed by atoms with Crippen LogP contribution in [0.2, 0.25) is 0 Å². The molecule has 0 radical (unpaired) electrons. The van der Waals surface area contributed by atoms with E-state index in [1.165, 1.54) is 31.4 Å². The maximum atomic E-state index is 6.29. The molecule has 1 saturated carbocycles. The lowest BCUT2D eigenvalue weighted by atomic mass is 9.87. The first-order valence-electron chi connectivity index (χ1n) is 5.20. The molecule has 1 atom stereocenters. The van der Waals surface area contributed by atoms with Crippen LogP contribution in [0.25, 0.3) is 0 Å². The summed E-state index contributed by atoms with van der Waals surface area (Å²) in [6.07, 6.45) is 6.81. The number of nitrogens with zero attached hydrogens (tertiary/aromatic N) is 2. The standard InChI is InChI=1S/C10H14BrN3/c11-9-13-6-8-7(10(12)3-4-10)2-1-5-14(8)9/h6-7H,1-5,12H2. The van der Waals surface area contributed by atoms with E-state index in [0.717, 1.165) is 11.3 Å². The zero-order valence-electron chi connectivity index (χ0n) is 8.04. The van der Waals surface area contributed by atoms with Crippen LogP contribution in [0.5, 0.6) is 0 Å². The Balaban J connectivity index is 2.03. The maximum absolute atomic E-state index is 6.29. The molecule has 4 heteroatoms. The Kier molecular flexibility index (Phi) is 1.80. The summed E-state index contributed by atoms with van der Waals surface area (Å²) in [4.78, 5) is 4.31. The lowest BCUT2D eigenvalue weighted by Crippen LogP contribution is -2.34. The van der Waals surface area contributed by atoms with E-state index in [1.807, 2.05) is 6.20 Å². The molecule has 1 unspecified atom stereocenters. The first-order valence-corrected chi connectivity index (χ1v) is 6.00. The molecule has 0 saturated heterocycles. The highest BCUT2D eigenvalue weighted by Crippen LogP contribution is 2.49. The van der Waals surface area contributed by atoms with Crippen molar-refractivity contribution < 1.29 is 0 Å². The molecule has 1 fully saturated rings. The Labute approximate surface area is 91.8 Å². The summed E-state index contributed by atoms with van der Waals surface area (Å²) in [6.45, 7) is 1.09. The van der Waals surface area contributed by atoms with Crippen molar-refractivity contribution in [2.75, 3.05) is 0 Å². The third-order valence-corrected chi connectivity index (χ3v) is 4.22. The fourth-order valence-electron chi connectivity index (χ4n) is 2.54. The summed E-state index contributed by atoms with van der Waals surface area (Å²) in [5, 5.41) is 0. The Morgan fingerprint density at radius 1 is 1.57 bits per heavy atom. The fourth-order valence-corrected chi connectivity index (χ4v) is 3.03. The van der Waals surface area contributed by atoms with E-state index in [-0.39, 0.29) is 5.54 Å². The molecule has 1 aromatic rings. The lowest BCUT2D eigenvalue weighted by Gasteiger charge is -2.29. The zero-order chi connectivity index (χ0) is 9.76. The van der Waals surface area contributed by atoms with Crippen LogP contribution in [0.15, 0.2) is 10.9 Å². The topological polar surface area (TPSA) is 43.8 Å². The maximum Gasteiger partial charge on any atom is 0.177 e. The monoisotopic (exact) mass is 255 g/mol. The zero-order valence-corrected chi connectivity index (χ0v) is 9.63. The van der Waals surface area contributed by atoms with Gasteiger partial charge in [0.2, 0.25) is 0 Å². The average molecular weight is 256 g/mol. The first-order chi connectivity index (χ1) is 6.71. The second kappa shape index (κ2) is 2.83. The van der Waals surface area contributed by atoms with Gasteiger partial charge in [-0.15, -0.1) is 0 Å². The van der Waals surface area contributed by atoms with Gasteiger partial charge in [-0.1, -0.05) is 0 Å². The van der Waals surface area contributed by atoms with Crippen LogP contribution in [0.1, 0.15) is 37.3 Å². The molecule has 0 aromatic carbocycles. The number of rotatable bonds is 1. The van der Waals surface area contributed by atoms with Crippen molar-refractivity contribution in [1.29, 1.82) is 0 Å². The molecule has 1 aromatic heterocycles. The molecule has 2 heterocycles. The second-order valence-electron chi connectivity index (χ2n) is 4.53. The van der Waals surface area contributed by atoms with Crippen molar-refractivity contribution in [3.8, 4) is 0 Å². The predicted molar refractivity (Wildman–Crippen MR) is 58.1 cm³/mol. The Bertz CT molecular complexity index is 367. The van der Waals surface area contributed by atoms with Crippen LogP contribution < -0.4 is 5.73 Å². The van der Waals surface area contributed by atoms with E-state index in [2.05, 4.69) is 25.5 Å². The van der Waals surface area contributed by atoms with Gasteiger partial charge in [-0.05, 0) is 41.6 Å². The van der Waals surface area contributed by atoms with E-state index in [9.17, 15) is 0 Å². The van der Waals surface area contributed by atoms with Gasteiger partial charge in [0.05, 0.1) is 0 Å². The van der Waals surface area contributed by atoms with Crippen molar-refractivity contribution in [3.05, 3.63) is 16.6 Å². The molecule has 3 rings (SSSR count). The molecule has 1 aliphatic heterocycles. The van der Waals surface area contributed by atoms with Crippen molar-refractivity contribution in [3.63, 3.8) is 0 Å². The van der Waals surface area contributed by atoms with Crippen molar-refractivity contribution >= 4 is 15.9 Å². The minimum absolute atomic E-state index is 0.0949. The van der Waals surface area contributed by atoms with Crippen LogP contribution in [-0.2, 0) is 6.54 Å². The van der Waals surface area contributed by atoms with Gasteiger partial charge >= 0.3 is 0 Å². The highest BCUT2D eigenvalue weighted by atomic mass is 79.9. The van der Waals surface area contributed by atoms with Crippen LogP contribution in [-0.4, -0.2) is 15.1 Å². The SMILES string of the molecule is NC1(C2CCCn3c2cnc3Br)CC1. The number of hydrogen-bond donors (Lipinski definition) is 1. The van der Waals surface area contributed by atoms with Crippen molar-refractivity contribution in [2.45, 2.75) is 43.7 Å². The predicted octanol–water partition coefficient (Wildman–Crippen LogP) is 2.01. The number of fused-ring (bicyclic) bond motifs is 1. The summed E-state index contributed by atoms with van der Waals surface area (Å²) in [5.41, 5.74) is 7.72. The largest absolute Gasteiger partial charge is 0.324 e. The Morgan fingerprint density at radius 3 is 3.07 bits per heavy atom. The van der Waals surface area contributed by atoms with Gasteiger partial charge in [0.1, 0.15) is 0 Å². The molecule has 3 nitrogen and oxygen atoms in total. The summed E-state index contributed by atoms with van der Waals surface area (Å²) in [6, 6.07) is 0. The molecular formula is C10H14BrN3. The van der Waals surface area contributed by atoms with Gasteiger partial charge in [0.15, 0.2) is 4.73 Å². The van der Waals surface area contributed by atoms with Crippen LogP contribution in [0.3, 0.4) is 0 Å². The third-order valence-electron chi connectivity index (χ3n) is 3.59. The van der Waals surface area contributed by atoms with Crippen LogP contribution in [0.4, 0.5) is 0 Å². The molecule has 76 valence electrons. The van der Waals surface area contributed by atoms with E-state index < -0.39 is 0 Å². The normalized spacial score (nSPS) is 28.6. The Morgan fingerprint density at radius 2 is 2.36 bits per heavy atom. The summed E-state index contributed by atoms with van der Waals surface area (Å²) >= 11 is 3.48. The molecule has 0 bridgehead atoms. The second-order valence-corrected chi connectivity index (χ2v) is 5.24. The highest BCUT2D eigenvalue weighted by Gasteiger charge is 2.48. The van der Waals surface area contributed by atoms with Gasteiger partial charge in [-0.25, -0.2) is 4.98 Å². The van der Waals surface area contributed by atoms with Crippen molar-refractivity contribution in [2.24, 2.45) is 5.73 Å². The van der Waals surface area contributed by atoms with Gasteiger partial charge in [0, 0.05) is 29.9 Å². The number of nitrogens with two attached hydrogens (primary N) is 1. The number of halogens is 1. The molecule has 0 spiro atoms. The van der Waals surface area contributed by atoms with E-state index in [4.69, 9.17) is 5.73 Å². The van der Waals surface area contributed by atoms with E-state index in [0.29, 0.717) is 5.92 Å². The van der Waals surface area contributed by atoms with Crippen molar-refractivity contribution in [1.82, 2.24) is 9.55 Å². The number of hydrogen-bond acceptors (Lipinski definition) is 2. The third kappa shape index (κ3) is 1.17. The summed E-state index contributed by atoms with van der Waals surface area (Å²) < 4.78 is 3.22. The molecule has 2 aliphatic rings. The molecule has 2 N–H and O–H groups in total.